The number of hydrogen-bond donors (Lipinski definition) is 3. The largest absolute Gasteiger partial charge is 0.479 e. The van der Waals surface area contributed by atoms with Crippen LogP contribution >= 0.6 is 0 Å². The van der Waals surface area contributed by atoms with Gasteiger partial charge < -0.3 is 25.4 Å². The Hall–Kier alpha value is -2.32. The molecular weight excluding hydrogens is 426 g/mol. The van der Waals surface area contributed by atoms with Crippen LogP contribution in [0.5, 0.6) is 0 Å². The van der Waals surface area contributed by atoms with Gasteiger partial charge >= 0.3 is 12.1 Å². The van der Waals surface area contributed by atoms with Crippen LogP contribution in [0.4, 0.5) is 4.79 Å². The molecule has 0 aromatic rings. The van der Waals surface area contributed by atoms with Gasteiger partial charge in [-0.25, -0.2) is 9.59 Å². The molecule has 0 radical (unpaired) electrons. The van der Waals surface area contributed by atoms with E-state index in [1.165, 1.54) is 11.3 Å². The van der Waals surface area contributed by atoms with Gasteiger partial charge in [0.15, 0.2) is 0 Å². The minimum atomic E-state index is -1.23. The molecule has 4 aliphatic rings. The first-order chi connectivity index (χ1) is 15.5. The Bertz CT molecular complexity index is 829. The molecular formula is C24H37N3O6. The smallest absolute Gasteiger partial charge is 0.408 e. The van der Waals surface area contributed by atoms with Crippen LogP contribution in [-0.2, 0) is 19.1 Å². The van der Waals surface area contributed by atoms with Crippen LogP contribution in [0.25, 0.3) is 0 Å². The number of amides is 3. The highest BCUT2D eigenvalue weighted by atomic mass is 16.6. The van der Waals surface area contributed by atoms with Crippen molar-refractivity contribution >= 4 is 23.9 Å². The summed E-state index contributed by atoms with van der Waals surface area (Å²) in [6.07, 6.45) is 4.52. The van der Waals surface area contributed by atoms with Crippen LogP contribution in [0.3, 0.4) is 0 Å². The molecule has 3 saturated carbocycles. The molecule has 4 rings (SSSR count). The molecule has 0 spiro atoms. The molecule has 3 aliphatic carbocycles. The van der Waals surface area contributed by atoms with Crippen molar-refractivity contribution < 1.29 is 29.0 Å². The first-order valence-electron chi connectivity index (χ1n) is 12.3. The summed E-state index contributed by atoms with van der Waals surface area (Å²) in [6.45, 7) is 7.88. The summed E-state index contributed by atoms with van der Waals surface area (Å²) in [5, 5.41) is 15.1. The van der Waals surface area contributed by atoms with Gasteiger partial charge in [0.25, 0.3) is 0 Å². The van der Waals surface area contributed by atoms with Crippen LogP contribution in [0, 0.1) is 23.2 Å². The maximum atomic E-state index is 13.5. The summed E-state index contributed by atoms with van der Waals surface area (Å²) in [5.74, 6) is -0.526. The van der Waals surface area contributed by atoms with Crippen molar-refractivity contribution in [1.82, 2.24) is 15.5 Å². The van der Waals surface area contributed by atoms with E-state index < -0.39 is 41.0 Å². The molecule has 3 N–H and O–H groups in total. The highest BCUT2D eigenvalue weighted by Crippen LogP contribution is 2.52. The van der Waals surface area contributed by atoms with E-state index in [0.717, 1.165) is 12.8 Å². The van der Waals surface area contributed by atoms with Crippen LogP contribution in [0.2, 0.25) is 0 Å². The normalized spacial score (nSPS) is 35.4. The van der Waals surface area contributed by atoms with Crippen molar-refractivity contribution in [1.29, 1.82) is 0 Å². The summed E-state index contributed by atoms with van der Waals surface area (Å²) in [7, 11) is 0. The molecule has 33 heavy (non-hydrogen) atoms. The van der Waals surface area contributed by atoms with Crippen molar-refractivity contribution in [3.05, 3.63) is 0 Å². The van der Waals surface area contributed by atoms with Crippen molar-refractivity contribution in [3.8, 4) is 0 Å². The maximum Gasteiger partial charge on any atom is 0.408 e. The number of hydrogen-bond acceptors (Lipinski definition) is 5. The Morgan fingerprint density at radius 3 is 2.36 bits per heavy atom. The Balaban J connectivity index is 1.41. The molecule has 9 heteroatoms. The fourth-order valence-electron chi connectivity index (χ4n) is 5.77. The minimum absolute atomic E-state index is 0.0907. The van der Waals surface area contributed by atoms with E-state index in [9.17, 15) is 24.3 Å². The van der Waals surface area contributed by atoms with Crippen molar-refractivity contribution in [2.75, 3.05) is 6.54 Å². The van der Waals surface area contributed by atoms with Crippen molar-refractivity contribution in [2.24, 2.45) is 23.2 Å². The van der Waals surface area contributed by atoms with Gasteiger partial charge in [0.1, 0.15) is 23.7 Å². The number of rotatable bonds is 7. The van der Waals surface area contributed by atoms with Gasteiger partial charge in [-0.1, -0.05) is 34.1 Å². The monoisotopic (exact) mass is 463 g/mol. The number of carbonyl (C=O) groups excluding carboxylic acids is 3. The highest BCUT2D eigenvalue weighted by molar-refractivity contribution is 5.96. The van der Waals surface area contributed by atoms with E-state index in [2.05, 4.69) is 10.6 Å². The number of alkyl carbamates (subject to hydrolysis) is 1. The van der Waals surface area contributed by atoms with Crippen LogP contribution in [0.15, 0.2) is 0 Å². The summed E-state index contributed by atoms with van der Waals surface area (Å²) >= 11 is 0. The van der Waals surface area contributed by atoms with Gasteiger partial charge in [0.2, 0.25) is 11.8 Å². The van der Waals surface area contributed by atoms with E-state index in [-0.39, 0.29) is 17.9 Å². The lowest BCUT2D eigenvalue weighted by atomic mass is 9.85. The zero-order valence-corrected chi connectivity index (χ0v) is 20.1. The Labute approximate surface area is 195 Å². The van der Waals surface area contributed by atoms with Crippen molar-refractivity contribution in [2.45, 2.75) is 96.4 Å². The highest BCUT2D eigenvalue weighted by Gasteiger charge is 2.61. The summed E-state index contributed by atoms with van der Waals surface area (Å²) < 4.78 is 5.58. The molecule has 4 fully saturated rings. The lowest BCUT2D eigenvalue weighted by molar-refractivity contribution is -0.146. The third-order valence-electron chi connectivity index (χ3n) is 8.01. The second-order valence-electron chi connectivity index (χ2n) is 11.5. The fourth-order valence-corrected chi connectivity index (χ4v) is 5.77. The molecule has 1 saturated heterocycles. The first-order valence-corrected chi connectivity index (χ1v) is 12.3. The first kappa shape index (κ1) is 23.8. The van der Waals surface area contributed by atoms with E-state index in [1.807, 2.05) is 27.7 Å². The average Bonchev–Trinajstić information content (AvgIpc) is 3.50. The number of nitrogens with one attached hydrogen (secondary N) is 2. The van der Waals surface area contributed by atoms with Crippen LogP contribution in [0.1, 0.15) is 72.6 Å². The molecule has 0 aromatic heterocycles. The Kier molecular flexibility index (Phi) is 6.12. The zero-order valence-electron chi connectivity index (χ0n) is 20.1. The van der Waals surface area contributed by atoms with Gasteiger partial charge in [-0.05, 0) is 61.7 Å². The summed E-state index contributed by atoms with van der Waals surface area (Å²) in [4.78, 5) is 52.5. The molecule has 6 atom stereocenters. The second kappa shape index (κ2) is 8.47. The number of carboxylic acid groups (broad SMARTS) is 1. The lowest BCUT2D eigenvalue weighted by Crippen LogP contribution is -2.59. The van der Waals surface area contributed by atoms with Gasteiger partial charge in [0, 0.05) is 6.54 Å². The topological polar surface area (TPSA) is 125 Å². The van der Waals surface area contributed by atoms with Crippen LogP contribution < -0.4 is 10.6 Å². The average molecular weight is 464 g/mol. The number of fused-ring (bicyclic) bond motifs is 1. The number of likely N-dealkylation sites (tertiary alicyclic amines) is 1. The van der Waals surface area contributed by atoms with Gasteiger partial charge in [-0.15, -0.1) is 0 Å². The molecule has 0 bridgehead atoms. The maximum absolute atomic E-state index is 13.5. The molecule has 184 valence electrons. The van der Waals surface area contributed by atoms with E-state index in [4.69, 9.17) is 4.74 Å². The van der Waals surface area contributed by atoms with Gasteiger partial charge in [-0.2, -0.15) is 0 Å². The SMILES string of the molecule is CC[C@@H]1C[C@]1(NC(=O)[C@@H]1CCCN1C(=O)[C@@H](NC(=O)OC1CC2CC2C1)C(C)(C)C)C(=O)O. The lowest BCUT2D eigenvalue weighted by Gasteiger charge is -2.35. The van der Waals surface area contributed by atoms with Gasteiger partial charge in [-0.3, -0.25) is 9.59 Å². The number of aliphatic carboxylic acids is 1. The minimum Gasteiger partial charge on any atom is -0.479 e. The molecule has 1 heterocycles. The van der Waals surface area contributed by atoms with Gasteiger partial charge in [0.05, 0.1) is 0 Å². The van der Waals surface area contributed by atoms with Crippen molar-refractivity contribution in [3.63, 3.8) is 0 Å². The predicted octanol–water partition coefficient (Wildman–Crippen LogP) is 2.29. The summed E-state index contributed by atoms with van der Waals surface area (Å²) in [6, 6.07) is -1.59. The fraction of sp³-hybridized carbons (Fsp3) is 0.833. The molecule has 9 nitrogen and oxygen atoms in total. The van der Waals surface area contributed by atoms with E-state index in [1.54, 1.807) is 0 Å². The van der Waals surface area contributed by atoms with Crippen LogP contribution in [-0.4, -0.2) is 64.2 Å². The third-order valence-corrected chi connectivity index (χ3v) is 8.01. The van der Waals surface area contributed by atoms with E-state index in [0.29, 0.717) is 44.1 Å². The number of ether oxygens (including phenoxy) is 1. The second-order valence-corrected chi connectivity index (χ2v) is 11.5. The molecule has 0 aromatic carbocycles. The molecule has 3 amide bonds. The Morgan fingerprint density at radius 2 is 1.82 bits per heavy atom. The molecule has 1 aliphatic heterocycles. The molecule has 2 unspecified atom stereocenters. The third kappa shape index (κ3) is 4.68. The zero-order chi connectivity index (χ0) is 24.1. The number of nitrogens with zero attached hydrogens (tertiary/aromatic N) is 1. The summed E-state index contributed by atoms with van der Waals surface area (Å²) in [5.41, 5.74) is -1.82. The van der Waals surface area contributed by atoms with E-state index >= 15 is 0 Å². The standard InChI is InChI=1S/C24H37N3O6/c1-5-15-12-24(15,21(30)31)26-19(28)17-7-6-8-27(17)20(29)18(23(2,3)4)25-22(32)33-16-10-13-9-14(13)11-16/h13-18H,5-12H2,1-4H3,(H,25,32)(H,26,28)(H,30,31)/t13?,14?,15-,16?,17+,18-,24-/m1/s1. The number of carbonyl (C=O) groups is 4. The number of carboxylic acids is 1. The Morgan fingerprint density at radius 1 is 1.15 bits per heavy atom. The predicted molar refractivity (Wildman–Crippen MR) is 119 cm³/mol. The quantitative estimate of drug-likeness (QED) is 0.532.